The van der Waals surface area contributed by atoms with Crippen LogP contribution in [0.3, 0.4) is 0 Å². The molecule has 0 fully saturated rings. The van der Waals surface area contributed by atoms with Crippen LogP contribution in [-0.4, -0.2) is 24.5 Å². The van der Waals surface area contributed by atoms with Gasteiger partial charge in [0, 0.05) is 12.1 Å². The molecule has 0 heterocycles. The molecule has 1 rings (SSSR count). The number of rotatable bonds is 5. The van der Waals surface area contributed by atoms with Crippen molar-refractivity contribution >= 4 is 0 Å². The van der Waals surface area contributed by atoms with Crippen LogP contribution in [0.25, 0.3) is 0 Å². The third kappa shape index (κ3) is 4.43. The molecule has 0 aliphatic rings. The first kappa shape index (κ1) is 15.2. The number of hydrogen-bond acceptors (Lipinski definition) is 2. The van der Waals surface area contributed by atoms with Crippen molar-refractivity contribution in [2.75, 3.05) is 13.6 Å². The lowest BCUT2D eigenvalue weighted by molar-refractivity contribution is 0.137. The molecule has 2 N–H and O–H groups in total. The molecule has 0 spiro atoms. The molecule has 2 nitrogen and oxygen atoms in total. The summed E-state index contributed by atoms with van der Waals surface area (Å²) in [5.74, 6) is 0. The van der Waals surface area contributed by atoms with E-state index in [1.807, 2.05) is 6.07 Å². The second-order valence-electron chi connectivity index (χ2n) is 6.33. The van der Waals surface area contributed by atoms with E-state index in [2.05, 4.69) is 63.9 Å². The van der Waals surface area contributed by atoms with Crippen molar-refractivity contribution in [2.24, 2.45) is 11.1 Å². The molecule has 1 aromatic rings. The van der Waals surface area contributed by atoms with Crippen molar-refractivity contribution < 1.29 is 0 Å². The summed E-state index contributed by atoms with van der Waals surface area (Å²) in [6.07, 6.45) is 1.00. The molecule has 0 radical (unpaired) electrons. The maximum absolute atomic E-state index is 6.23. The van der Waals surface area contributed by atoms with E-state index in [0.29, 0.717) is 11.5 Å². The fraction of sp³-hybridized carbons (Fsp3) is 0.625. The van der Waals surface area contributed by atoms with Gasteiger partial charge in [0.1, 0.15) is 0 Å². The maximum Gasteiger partial charge on any atom is 0.0307 e. The molecule has 0 aromatic heterocycles. The highest BCUT2D eigenvalue weighted by Gasteiger charge is 2.23. The standard InChI is InChI=1S/C16H28N2/c1-13(16(2,3)4)18(5)12-11-15(17)14-9-7-6-8-10-14/h6-10,13,15H,11-12,17H2,1-5H3. The zero-order valence-corrected chi connectivity index (χ0v) is 12.5. The Morgan fingerprint density at radius 2 is 1.72 bits per heavy atom. The number of nitrogens with zero attached hydrogens (tertiary/aromatic N) is 1. The Kier molecular flexibility index (Phi) is 5.36. The van der Waals surface area contributed by atoms with Gasteiger partial charge in [-0.05, 0) is 37.9 Å². The molecule has 0 bridgehead atoms. The van der Waals surface area contributed by atoms with Crippen molar-refractivity contribution in [3.05, 3.63) is 35.9 Å². The van der Waals surface area contributed by atoms with Crippen LogP contribution in [0.1, 0.15) is 45.7 Å². The van der Waals surface area contributed by atoms with E-state index in [0.717, 1.165) is 13.0 Å². The Hall–Kier alpha value is -0.860. The van der Waals surface area contributed by atoms with Gasteiger partial charge >= 0.3 is 0 Å². The Morgan fingerprint density at radius 3 is 2.22 bits per heavy atom. The minimum atomic E-state index is 0.140. The average molecular weight is 248 g/mol. The van der Waals surface area contributed by atoms with Crippen LogP contribution in [0.4, 0.5) is 0 Å². The summed E-state index contributed by atoms with van der Waals surface area (Å²) in [7, 11) is 2.19. The monoisotopic (exact) mass is 248 g/mol. The van der Waals surface area contributed by atoms with Crippen LogP contribution in [0.15, 0.2) is 30.3 Å². The van der Waals surface area contributed by atoms with Crippen LogP contribution < -0.4 is 5.73 Å². The molecule has 0 amide bonds. The summed E-state index contributed by atoms with van der Waals surface area (Å²) in [6, 6.07) is 11.0. The molecule has 18 heavy (non-hydrogen) atoms. The molecule has 0 saturated carbocycles. The largest absolute Gasteiger partial charge is 0.324 e. The van der Waals surface area contributed by atoms with Crippen LogP contribution in [0.5, 0.6) is 0 Å². The summed E-state index contributed by atoms with van der Waals surface area (Å²) in [5, 5.41) is 0. The fourth-order valence-corrected chi connectivity index (χ4v) is 2.06. The van der Waals surface area contributed by atoms with Crippen LogP contribution in [0, 0.1) is 5.41 Å². The first-order valence-corrected chi connectivity index (χ1v) is 6.83. The molecule has 0 aliphatic heterocycles. The maximum atomic E-state index is 6.23. The quantitative estimate of drug-likeness (QED) is 0.865. The van der Waals surface area contributed by atoms with Gasteiger partial charge in [-0.1, -0.05) is 51.1 Å². The molecule has 2 atom stereocenters. The van der Waals surface area contributed by atoms with Crippen LogP contribution in [-0.2, 0) is 0 Å². The van der Waals surface area contributed by atoms with E-state index in [1.165, 1.54) is 5.56 Å². The highest BCUT2D eigenvalue weighted by Crippen LogP contribution is 2.24. The zero-order valence-electron chi connectivity index (χ0n) is 12.5. The Bertz CT molecular complexity index is 340. The van der Waals surface area contributed by atoms with Crippen molar-refractivity contribution in [3.8, 4) is 0 Å². The van der Waals surface area contributed by atoms with Gasteiger partial charge in [-0.3, -0.25) is 0 Å². The second kappa shape index (κ2) is 6.35. The lowest BCUT2D eigenvalue weighted by Gasteiger charge is -2.35. The topological polar surface area (TPSA) is 29.3 Å². The Balaban J connectivity index is 2.46. The molecule has 2 unspecified atom stereocenters. The van der Waals surface area contributed by atoms with Crippen molar-refractivity contribution in [3.63, 3.8) is 0 Å². The van der Waals surface area contributed by atoms with Gasteiger partial charge in [-0.15, -0.1) is 0 Å². The predicted octanol–water partition coefficient (Wildman–Crippen LogP) is 3.44. The highest BCUT2D eigenvalue weighted by molar-refractivity contribution is 5.18. The lowest BCUT2D eigenvalue weighted by atomic mass is 9.87. The van der Waals surface area contributed by atoms with Crippen molar-refractivity contribution in [1.29, 1.82) is 0 Å². The normalized spacial score (nSPS) is 15.7. The summed E-state index contributed by atoms with van der Waals surface area (Å²) in [4.78, 5) is 2.41. The van der Waals surface area contributed by atoms with Gasteiger partial charge in [0.05, 0.1) is 0 Å². The molecule has 1 aromatic carbocycles. The summed E-state index contributed by atoms with van der Waals surface area (Å²) < 4.78 is 0. The van der Waals surface area contributed by atoms with Crippen LogP contribution >= 0.6 is 0 Å². The minimum Gasteiger partial charge on any atom is -0.324 e. The van der Waals surface area contributed by atoms with Gasteiger partial charge in [-0.2, -0.15) is 0 Å². The molecular formula is C16H28N2. The molecular weight excluding hydrogens is 220 g/mol. The van der Waals surface area contributed by atoms with E-state index in [4.69, 9.17) is 5.73 Å². The average Bonchev–Trinajstić information content (AvgIpc) is 2.34. The second-order valence-corrected chi connectivity index (χ2v) is 6.33. The third-order valence-corrected chi connectivity index (χ3v) is 3.94. The predicted molar refractivity (Wildman–Crippen MR) is 79.5 cm³/mol. The van der Waals surface area contributed by atoms with Gasteiger partial charge < -0.3 is 10.6 Å². The van der Waals surface area contributed by atoms with Crippen molar-refractivity contribution in [2.45, 2.75) is 46.2 Å². The number of benzene rings is 1. The smallest absolute Gasteiger partial charge is 0.0307 e. The van der Waals surface area contributed by atoms with Gasteiger partial charge in [0.15, 0.2) is 0 Å². The summed E-state index contributed by atoms with van der Waals surface area (Å²) in [6.45, 7) is 10.2. The Morgan fingerprint density at radius 1 is 1.17 bits per heavy atom. The third-order valence-electron chi connectivity index (χ3n) is 3.94. The fourth-order valence-electron chi connectivity index (χ4n) is 2.06. The van der Waals surface area contributed by atoms with Crippen LogP contribution in [0.2, 0.25) is 0 Å². The number of hydrogen-bond donors (Lipinski definition) is 1. The zero-order chi connectivity index (χ0) is 13.8. The van der Waals surface area contributed by atoms with E-state index >= 15 is 0 Å². The SMILES string of the molecule is CC(N(C)CCC(N)c1ccccc1)C(C)(C)C. The summed E-state index contributed by atoms with van der Waals surface area (Å²) in [5.41, 5.74) is 7.77. The molecule has 2 heteroatoms. The van der Waals surface area contributed by atoms with Gasteiger partial charge in [0.25, 0.3) is 0 Å². The van der Waals surface area contributed by atoms with E-state index in [9.17, 15) is 0 Å². The van der Waals surface area contributed by atoms with Gasteiger partial charge in [-0.25, -0.2) is 0 Å². The minimum absolute atomic E-state index is 0.140. The number of nitrogens with two attached hydrogens (primary N) is 1. The molecule has 0 saturated heterocycles. The van der Waals surface area contributed by atoms with E-state index < -0.39 is 0 Å². The first-order valence-electron chi connectivity index (χ1n) is 6.83. The Labute approximate surface area is 112 Å². The van der Waals surface area contributed by atoms with Crippen molar-refractivity contribution in [1.82, 2.24) is 4.90 Å². The lowest BCUT2D eigenvalue weighted by Crippen LogP contribution is -2.40. The van der Waals surface area contributed by atoms with E-state index in [1.54, 1.807) is 0 Å². The molecule has 102 valence electrons. The first-order chi connectivity index (χ1) is 8.32. The summed E-state index contributed by atoms with van der Waals surface area (Å²) >= 11 is 0. The van der Waals surface area contributed by atoms with Gasteiger partial charge in [0.2, 0.25) is 0 Å². The highest BCUT2D eigenvalue weighted by atomic mass is 15.1. The van der Waals surface area contributed by atoms with E-state index in [-0.39, 0.29) is 6.04 Å². The molecule has 0 aliphatic carbocycles.